The van der Waals surface area contributed by atoms with Crippen LogP contribution in [0.2, 0.25) is 0 Å². The lowest BCUT2D eigenvalue weighted by Gasteiger charge is -2.10. The van der Waals surface area contributed by atoms with E-state index in [1.54, 1.807) is 42.5 Å². The molecule has 0 aliphatic rings. The number of rotatable bonds is 4. The minimum Gasteiger partial charge on any atom is -0.497 e. The fraction of sp³-hybridized carbons (Fsp3) is 0.125. The highest BCUT2D eigenvalue weighted by Crippen LogP contribution is 2.26. The molecule has 2 aromatic rings. The summed E-state index contributed by atoms with van der Waals surface area (Å²) in [5.74, 6) is 0.459. The number of nitriles is 1. The molecule has 0 heterocycles. The molecule has 0 saturated carbocycles. The van der Waals surface area contributed by atoms with Crippen LogP contribution in [-0.4, -0.2) is 13.1 Å². The average molecular weight is 267 g/mol. The number of carbonyl (C=O) groups excluding carboxylic acids is 1. The van der Waals surface area contributed by atoms with E-state index in [-0.39, 0.29) is 6.42 Å². The number of methoxy groups -OCH3 is 1. The number of esters is 1. The van der Waals surface area contributed by atoms with Crippen molar-refractivity contribution in [2.75, 3.05) is 7.11 Å². The molecular formula is C16H13NO3. The molecule has 0 amide bonds. The standard InChI is InChI=1S/C16H13NO3/c1-19-14-8-7-12(9-10-17)15(11-14)20-16(18)13-5-3-2-4-6-13/h2-8,11H,9H2,1H3. The van der Waals surface area contributed by atoms with Gasteiger partial charge in [-0.25, -0.2) is 4.79 Å². The predicted molar refractivity (Wildman–Crippen MR) is 73.7 cm³/mol. The lowest BCUT2D eigenvalue weighted by atomic mass is 10.1. The van der Waals surface area contributed by atoms with Crippen LogP contribution in [0.1, 0.15) is 15.9 Å². The summed E-state index contributed by atoms with van der Waals surface area (Å²) in [6.07, 6.45) is 0.168. The Morgan fingerprint density at radius 1 is 1.20 bits per heavy atom. The van der Waals surface area contributed by atoms with Crippen molar-refractivity contribution in [3.8, 4) is 17.6 Å². The van der Waals surface area contributed by atoms with Crippen LogP contribution in [0.15, 0.2) is 48.5 Å². The van der Waals surface area contributed by atoms with Gasteiger partial charge >= 0.3 is 5.97 Å². The third kappa shape index (κ3) is 3.15. The van der Waals surface area contributed by atoms with E-state index >= 15 is 0 Å². The van der Waals surface area contributed by atoms with Gasteiger partial charge in [0, 0.05) is 11.6 Å². The molecule has 0 unspecified atom stereocenters. The minimum absolute atomic E-state index is 0.168. The molecule has 0 aliphatic carbocycles. The Bertz CT molecular complexity index is 645. The van der Waals surface area contributed by atoms with Crippen LogP contribution in [0.4, 0.5) is 0 Å². The van der Waals surface area contributed by atoms with Crippen LogP contribution in [0.3, 0.4) is 0 Å². The van der Waals surface area contributed by atoms with E-state index < -0.39 is 5.97 Å². The third-order valence-corrected chi connectivity index (χ3v) is 2.76. The second kappa shape index (κ2) is 6.39. The van der Waals surface area contributed by atoms with Crippen molar-refractivity contribution in [1.82, 2.24) is 0 Å². The molecule has 100 valence electrons. The summed E-state index contributed by atoms with van der Waals surface area (Å²) in [5, 5.41) is 8.80. The summed E-state index contributed by atoms with van der Waals surface area (Å²) >= 11 is 0. The van der Waals surface area contributed by atoms with Crippen LogP contribution in [-0.2, 0) is 6.42 Å². The van der Waals surface area contributed by atoms with Gasteiger partial charge in [-0.1, -0.05) is 24.3 Å². The highest BCUT2D eigenvalue weighted by molar-refractivity contribution is 5.91. The lowest BCUT2D eigenvalue weighted by molar-refractivity contribution is 0.0733. The zero-order chi connectivity index (χ0) is 14.4. The fourth-order valence-electron chi connectivity index (χ4n) is 1.72. The molecule has 0 fully saturated rings. The summed E-state index contributed by atoms with van der Waals surface area (Å²) in [6, 6.07) is 15.8. The Hall–Kier alpha value is -2.80. The van der Waals surface area contributed by atoms with Gasteiger partial charge < -0.3 is 9.47 Å². The smallest absolute Gasteiger partial charge is 0.343 e. The normalized spacial score (nSPS) is 9.60. The molecule has 0 aliphatic heterocycles. The van der Waals surface area contributed by atoms with Gasteiger partial charge in [-0.15, -0.1) is 0 Å². The zero-order valence-electron chi connectivity index (χ0n) is 11.0. The second-order valence-corrected chi connectivity index (χ2v) is 4.06. The Labute approximate surface area is 117 Å². The molecule has 4 nitrogen and oxygen atoms in total. The van der Waals surface area contributed by atoms with E-state index in [4.69, 9.17) is 14.7 Å². The highest BCUT2D eigenvalue weighted by Gasteiger charge is 2.12. The molecule has 20 heavy (non-hydrogen) atoms. The van der Waals surface area contributed by atoms with Crippen molar-refractivity contribution in [1.29, 1.82) is 5.26 Å². The van der Waals surface area contributed by atoms with Crippen LogP contribution >= 0.6 is 0 Å². The Balaban J connectivity index is 2.27. The zero-order valence-corrected chi connectivity index (χ0v) is 11.0. The summed E-state index contributed by atoms with van der Waals surface area (Å²) < 4.78 is 10.5. The maximum atomic E-state index is 12.0. The van der Waals surface area contributed by atoms with Crippen LogP contribution in [0.5, 0.6) is 11.5 Å². The van der Waals surface area contributed by atoms with E-state index in [1.807, 2.05) is 12.1 Å². The number of benzene rings is 2. The minimum atomic E-state index is -0.460. The van der Waals surface area contributed by atoms with Crippen molar-refractivity contribution in [2.45, 2.75) is 6.42 Å². The number of ether oxygens (including phenoxy) is 2. The van der Waals surface area contributed by atoms with Gasteiger partial charge in [0.1, 0.15) is 11.5 Å². The van der Waals surface area contributed by atoms with E-state index in [0.29, 0.717) is 22.6 Å². The van der Waals surface area contributed by atoms with Crippen LogP contribution in [0.25, 0.3) is 0 Å². The largest absolute Gasteiger partial charge is 0.497 e. The molecule has 2 aromatic carbocycles. The number of carbonyl (C=O) groups is 1. The SMILES string of the molecule is COc1ccc(CC#N)c(OC(=O)c2ccccc2)c1. The molecule has 0 saturated heterocycles. The number of hydrogen-bond donors (Lipinski definition) is 0. The predicted octanol–water partition coefficient (Wildman–Crippen LogP) is 2.98. The summed E-state index contributed by atoms with van der Waals surface area (Å²) in [4.78, 5) is 12.0. The van der Waals surface area contributed by atoms with E-state index in [2.05, 4.69) is 0 Å². The first kappa shape index (κ1) is 13.6. The highest BCUT2D eigenvalue weighted by atomic mass is 16.5. The Morgan fingerprint density at radius 2 is 1.95 bits per heavy atom. The summed E-state index contributed by atoms with van der Waals surface area (Å²) in [5.41, 5.74) is 1.11. The molecule has 0 atom stereocenters. The quantitative estimate of drug-likeness (QED) is 0.631. The van der Waals surface area contributed by atoms with E-state index in [1.165, 1.54) is 7.11 Å². The van der Waals surface area contributed by atoms with Crippen molar-refractivity contribution in [2.24, 2.45) is 0 Å². The molecule has 4 heteroatoms. The van der Waals surface area contributed by atoms with Gasteiger partial charge in [0.15, 0.2) is 0 Å². The third-order valence-electron chi connectivity index (χ3n) is 2.76. The van der Waals surface area contributed by atoms with Gasteiger partial charge in [0.25, 0.3) is 0 Å². The first-order chi connectivity index (χ1) is 9.74. The van der Waals surface area contributed by atoms with Crippen molar-refractivity contribution >= 4 is 5.97 Å². The lowest BCUT2D eigenvalue weighted by Crippen LogP contribution is -2.09. The van der Waals surface area contributed by atoms with Gasteiger partial charge in [-0.2, -0.15) is 5.26 Å². The Morgan fingerprint density at radius 3 is 2.60 bits per heavy atom. The molecule has 2 rings (SSSR count). The molecule has 0 spiro atoms. The van der Waals surface area contributed by atoms with Crippen LogP contribution < -0.4 is 9.47 Å². The maximum absolute atomic E-state index is 12.0. The van der Waals surface area contributed by atoms with Crippen LogP contribution in [0, 0.1) is 11.3 Å². The van der Waals surface area contributed by atoms with Gasteiger partial charge in [0.05, 0.1) is 25.2 Å². The Kier molecular flexibility index (Phi) is 4.35. The molecule has 0 N–H and O–H groups in total. The molecule has 0 radical (unpaired) electrons. The number of nitrogens with zero attached hydrogens (tertiary/aromatic N) is 1. The fourth-order valence-corrected chi connectivity index (χ4v) is 1.72. The van der Waals surface area contributed by atoms with Crippen molar-refractivity contribution in [3.63, 3.8) is 0 Å². The van der Waals surface area contributed by atoms with Gasteiger partial charge in [-0.05, 0) is 18.2 Å². The van der Waals surface area contributed by atoms with Crippen molar-refractivity contribution in [3.05, 3.63) is 59.7 Å². The molecule has 0 bridgehead atoms. The summed E-state index contributed by atoms with van der Waals surface area (Å²) in [7, 11) is 1.53. The monoisotopic (exact) mass is 267 g/mol. The van der Waals surface area contributed by atoms with E-state index in [9.17, 15) is 4.79 Å². The second-order valence-electron chi connectivity index (χ2n) is 4.06. The molecular weight excluding hydrogens is 254 g/mol. The summed E-state index contributed by atoms with van der Waals surface area (Å²) in [6.45, 7) is 0. The first-order valence-corrected chi connectivity index (χ1v) is 6.05. The topological polar surface area (TPSA) is 59.3 Å². The van der Waals surface area contributed by atoms with Gasteiger partial charge in [-0.3, -0.25) is 0 Å². The van der Waals surface area contributed by atoms with Crippen molar-refractivity contribution < 1.29 is 14.3 Å². The van der Waals surface area contributed by atoms with Gasteiger partial charge in [0.2, 0.25) is 0 Å². The average Bonchev–Trinajstić information content (AvgIpc) is 2.50. The molecule has 0 aromatic heterocycles. The van der Waals surface area contributed by atoms with E-state index in [0.717, 1.165) is 0 Å². The first-order valence-electron chi connectivity index (χ1n) is 6.05. The maximum Gasteiger partial charge on any atom is 0.343 e. The number of hydrogen-bond acceptors (Lipinski definition) is 4.